The lowest BCUT2D eigenvalue weighted by molar-refractivity contribution is -0.124. The first-order valence-corrected chi connectivity index (χ1v) is 3.84. The maximum Gasteiger partial charge on any atom is 0.300 e. The number of hydrogen-bond donors (Lipinski definition) is 0. The van der Waals surface area contributed by atoms with Crippen molar-refractivity contribution in [3.05, 3.63) is 14.7 Å². The first-order chi connectivity index (χ1) is 7.53. The quantitative estimate of drug-likeness (QED) is 0.541. The molecule has 0 aliphatic rings. The van der Waals surface area contributed by atoms with E-state index in [-0.39, 0.29) is 0 Å². The monoisotopic (exact) mass is 230 g/mol. The van der Waals surface area contributed by atoms with Gasteiger partial charge in [-0.1, -0.05) is 0 Å². The van der Waals surface area contributed by atoms with Crippen molar-refractivity contribution in [1.82, 2.24) is 4.90 Å². The Hall–Kier alpha value is -2.23. The third kappa shape index (κ3) is 5.49. The molecule has 10 nitrogen and oxygen atoms in total. The fraction of sp³-hybridized carbons (Fsp3) is 0.500. The van der Waals surface area contributed by atoms with Crippen LogP contribution in [0.3, 0.4) is 0 Å². The van der Waals surface area contributed by atoms with Crippen LogP contribution in [0.15, 0.2) is 15.5 Å². The molecule has 0 atom stereocenters. The summed E-state index contributed by atoms with van der Waals surface area (Å²) in [5.74, 6) is -3.47. The van der Waals surface area contributed by atoms with E-state index < -0.39 is 37.4 Å². The van der Waals surface area contributed by atoms with E-state index in [0.29, 0.717) is 0 Å². The van der Waals surface area contributed by atoms with E-state index in [1.54, 1.807) is 0 Å². The maximum absolute atomic E-state index is 10.6. The summed E-state index contributed by atoms with van der Waals surface area (Å²) in [6.45, 7) is -2.02. The topological polar surface area (TPSA) is 143 Å². The molecule has 16 heavy (non-hydrogen) atoms. The average Bonchev–Trinajstić information content (AvgIpc) is 2.28. The fourth-order valence-electron chi connectivity index (χ4n) is 0.828. The number of amides is 3. The second-order valence-electron chi connectivity index (χ2n) is 2.60. The van der Waals surface area contributed by atoms with Crippen molar-refractivity contribution < 1.29 is 14.4 Å². The van der Waals surface area contributed by atoms with Gasteiger partial charge >= 0.3 is 0 Å². The van der Waals surface area contributed by atoms with Gasteiger partial charge in [-0.2, -0.15) is 0 Å². The van der Waals surface area contributed by atoms with Gasteiger partial charge in [-0.15, -0.1) is 14.7 Å². The van der Waals surface area contributed by atoms with Gasteiger partial charge in [0.1, 0.15) is 0 Å². The normalized spacial score (nSPS) is 9.56. The van der Waals surface area contributed by atoms with Crippen molar-refractivity contribution in [3.63, 3.8) is 0 Å². The van der Waals surface area contributed by atoms with Gasteiger partial charge < -0.3 is 0 Å². The molecule has 0 radical (unpaired) electrons. The molecule has 0 aliphatic carbocycles. The number of nitroso groups, excluding NO2 is 3. The molecule has 0 heterocycles. The van der Waals surface area contributed by atoms with E-state index in [4.69, 9.17) is 0 Å². The molecule has 0 saturated carbocycles. The van der Waals surface area contributed by atoms with Crippen molar-refractivity contribution in [1.29, 1.82) is 0 Å². The molecule has 0 rings (SSSR count). The summed E-state index contributed by atoms with van der Waals surface area (Å²) < 4.78 is 0. The Bertz CT molecular complexity index is 288. The second kappa shape index (κ2) is 7.11. The third-order valence-corrected chi connectivity index (χ3v) is 1.38. The summed E-state index contributed by atoms with van der Waals surface area (Å²) in [4.78, 5) is 61.9. The van der Waals surface area contributed by atoms with Crippen LogP contribution in [0.1, 0.15) is 0 Å². The van der Waals surface area contributed by atoms with Crippen molar-refractivity contribution in [2.24, 2.45) is 15.5 Å². The molecule has 0 unspecified atom stereocenters. The Morgan fingerprint density at radius 2 is 0.938 bits per heavy atom. The highest BCUT2D eigenvalue weighted by atomic mass is 16.3. The zero-order chi connectivity index (χ0) is 12.6. The maximum atomic E-state index is 10.6. The number of nitrogens with zero attached hydrogens (tertiary/aromatic N) is 4. The minimum absolute atomic E-state index is 0.675. The third-order valence-electron chi connectivity index (χ3n) is 1.38. The molecule has 0 fully saturated rings. The van der Waals surface area contributed by atoms with Crippen LogP contribution in [-0.4, -0.2) is 42.3 Å². The Balaban J connectivity index is 4.48. The Morgan fingerprint density at radius 3 is 1.12 bits per heavy atom. The van der Waals surface area contributed by atoms with Gasteiger partial charge in [0.25, 0.3) is 17.7 Å². The van der Waals surface area contributed by atoms with Crippen molar-refractivity contribution in [2.45, 2.75) is 0 Å². The Kier molecular flexibility index (Phi) is 6.12. The van der Waals surface area contributed by atoms with E-state index in [2.05, 4.69) is 0 Å². The van der Waals surface area contributed by atoms with Crippen LogP contribution in [-0.2, 0) is 14.4 Å². The van der Waals surface area contributed by atoms with Gasteiger partial charge in [0.15, 0.2) is 0 Å². The number of carbonyl (C=O) groups is 3. The predicted molar refractivity (Wildman–Crippen MR) is 48.8 cm³/mol. The number of carbonyl (C=O) groups excluding carboxylic acids is 3. The first kappa shape index (κ1) is 13.8. The molecule has 3 amide bonds. The van der Waals surface area contributed by atoms with Crippen LogP contribution in [0.2, 0.25) is 0 Å². The van der Waals surface area contributed by atoms with Crippen LogP contribution in [0.5, 0.6) is 0 Å². The zero-order valence-corrected chi connectivity index (χ0v) is 7.86. The van der Waals surface area contributed by atoms with Gasteiger partial charge in [0.05, 0.1) is 19.6 Å². The Morgan fingerprint density at radius 1 is 0.688 bits per heavy atom. The standard InChI is InChI=1S/C6H6N4O6/c11-4(7-14)1-10(2-5(12)8-15)3-6(13)9-16/h1-3H2. The van der Waals surface area contributed by atoms with Crippen LogP contribution in [0, 0.1) is 14.7 Å². The van der Waals surface area contributed by atoms with Crippen molar-refractivity contribution >= 4 is 17.7 Å². The highest BCUT2D eigenvalue weighted by Crippen LogP contribution is 1.93. The van der Waals surface area contributed by atoms with E-state index in [1.807, 2.05) is 15.5 Å². The number of hydrogen-bond acceptors (Lipinski definition) is 7. The molecule has 86 valence electrons. The zero-order valence-electron chi connectivity index (χ0n) is 7.86. The van der Waals surface area contributed by atoms with Crippen LogP contribution < -0.4 is 0 Å². The predicted octanol–water partition coefficient (Wildman–Crippen LogP) is -0.833. The molecule has 0 bridgehead atoms. The van der Waals surface area contributed by atoms with Gasteiger partial charge in [0, 0.05) is 15.5 Å². The van der Waals surface area contributed by atoms with Gasteiger partial charge in [-0.3, -0.25) is 19.3 Å². The van der Waals surface area contributed by atoms with Crippen LogP contribution in [0.4, 0.5) is 0 Å². The first-order valence-electron chi connectivity index (χ1n) is 3.84. The summed E-state index contributed by atoms with van der Waals surface area (Å²) in [5.41, 5.74) is 0. The molecular formula is C6H6N4O6. The van der Waals surface area contributed by atoms with E-state index in [9.17, 15) is 29.1 Å². The molecule has 0 aliphatic heterocycles. The van der Waals surface area contributed by atoms with Crippen molar-refractivity contribution in [2.75, 3.05) is 19.6 Å². The highest BCUT2D eigenvalue weighted by molar-refractivity contribution is 5.84. The van der Waals surface area contributed by atoms with Crippen LogP contribution in [0.25, 0.3) is 0 Å². The summed E-state index contributed by atoms with van der Waals surface area (Å²) in [6, 6.07) is 0. The second-order valence-corrected chi connectivity index (χ2v) is 2.60. The molecule has 0 N–H and O–H groups in total. The number of rotatable bonds is 6. The minimum Gasteiger partial charge on any atom is -0.276 e. The molecule has 10 heteroatoms. The molecule has 0 spiro atoms. The lowest BCUT2D eigenvalue weighted by Crippen LogP contribution is -2.36. The largest absolute Gasteiger partial charge is 0.300 e. The van der Waals surface area contributed by atoms with Gasteiger partial charge in [-0.25, -0.2) is 0 Å². The summed E-state index contributed by atoms with van der Waals surface area (Å²) in [6.07, 6.45) is 0. The van der Waals surface area contributed by atoms with E-state index in [0.717, 1.165) is 4.90 Å². The summed E-state index contributed by atoms with van der Waals surface area (Å²) in [7, 11) is 0. The molecular weight excluding hydrogens is 224 g/mol. The fourth-order valence-corrected chi connectivity index (χ4v) is 0.828. The molecule has 0 aromatic heterocycles. The lowest BCUT2D eigenvalue weighted by Gasteiger charge is -2.14. The summed E-state index contributed by atoms with van der Waals surface area (Å²) >= 11 is 0. The van der Waals surface area contributed by atoms with Crippen molar-refractivity contribution in [3.8, 4) is 0 Å². The Labute approximate surface area is 87.9 Å². The SMILES string of the molecule is O=NC(=O)CN(CC(=O)N=O)CC(=O)N=O. The summed E-state index contributed by atoms with van der Waals surface area (Å²) in [5, 5.41) is 6.07. The molecule has 0 aromatic rings. The molecule has 0 saturated heterocycles. The van der Waals surface area contributed by atoms with Gasteiger partial charge in [-0.05, 0) is 0 Å². The average molecular weight is 230 g/mol. The lowest BCUT2D eigenvalue weighted by atomic mass is 10.4. The highest BCUT2D eigenvalue weighted by Gasteiger charge is 2.18. The van der Waals surface area contributed by atoms with E-state index >= 15 is 0 Å². The van der Waals surface area contributed by atoms with Gasteiger partial charge in [0.2, 0.25) is 0 Å². The smallest absolute Gasteiger partial charge is 0.276 e. The van der Waals surface area contributed by atoms with Crippen LogP contribution >= 0.6 is 0 Å². The minimum atomic E-state index is -1.16. The molecule has 0 aromatic carbocycles. The van der Waals surface area contributed by atoms with E-state index in [1.165, 1.54) is 0 Å².